The number of benzene rings is 1. The number of hydrogen-bond acceptors (Lipinski definition) is 3. The minimum atomic E-state index is -0.210. The number of amides is 1. The van der Waals surface area contributed by atoms with Gasteiger partial charge >= 0.3 is 5.97 Å². The molecule has 0 saturated carbocycles. The van der Waals surface area contributed by atoms with Crippen molar-refractivity contribution < 1.29 is 14.3 Å². The van der Waals surface area contributed by atoms with E-state index in [0.717, 1.165) is 30.5 Å². The topological polar surface area (TPSA) is 46.6 Å². The summed E-state index contributed by atoms with van der Waals surface area (Å²) in [5, 5.41) is 0. The van der Waals surface area contributed by atoms with E-state index in [2.05, 4.69) is 0 Å². The Morgan fingerprint density at radius 2 is 2.10 bits per heavy atom. The maximum Gasteiger partial charge on any atom is 0.310 e. The van der Waals surface area contributed by atoms with Crippen LogP contribution in [-0.2, 0) is 20.7 Å². The van der Waals surface area contributed by atoms with Crippen molar-refractivity contribution in [3.63, 3.8) is 0 Å². The molecular weight excluding hydrogens is 254 g/mol. The van der Waals surface area contributed by atoms with Gasteiger partial charge in [-0.1, -0.05) is 24.3 Å². The fraction of sp³-hybridized carbons (Fsp3) is 0.500. The molecule has 4 nitrogen and oxygen atoms in total. The number of ether oxygens (including phenoxy) is 1. The number of aryl methyl sites for hydroxylation is 1. The van der Waals surface area contributed by atoms with Gasteiger partial charge in [0.1, 0.15) is 0 Å². The van der Waals surface area contributed by atoms with E-state index in [1.165, 1.54) is 7.11 Å². The lowest BCUT2D eigenvalue weighted by Gasteiger charge is -2.31. The molecule has 0 unspecified atom stereocenters. The third-order valence-electron chi connectivity index (χ3n) is 3.91. The number of rotatable bonds is 3. The third kappa shape index (κ3) is 3.38. The molecule has 1 saturated heterocycles. The second kappa shape index (κ2) is 6.55. The van der Waals surface area contributed by atoms with Gasteiger partial charge in [-0.2, -0.15) is 0 Å². The summed E-state index contributed by atoms with van der Waals surface area (Å²) < 4.78 is 4.78. The molecule has 0 bridgehead atoms. The van der Waals surface area contributed by atoms with Gasteiger partial charge in [0.25, 0.3) is 0 Å². The molecule has 4 heteroatoms. The first-order valence-corrected chi connectivity index (χ1v) is 7.02. The Morgan fingerprint density at radius 1 is 1.35 bits per heavy atom. The molecule has 1 fully saturated rings. The quantitative estimate of drug-likeness (QED) is 0.792. The molecular formula is C16H21NO3. The summed E-state index contributed by atoms with van der Waals surface area (Å²) in [4.78, 5) is 25.7. The van der Waals surface area contributed by atoms with Gasteiger partial charge in [-0.25, -0.2) is 0 Å². The summed E-state index contributed by atoms with van der Waals surface area (Å²) in [7, 11) is 1.40. The first-order valence-electron chi connectivity index (χ1n) is 7.02. The number of carbonyl (C=O) groups is 2. The largest absolute Gasteiger partial charge is 0.469 e. The molecule has 1 aliphatic rings. The van der Waals surface area contributed by atoms with Crippen LogP contribution in [0.3, 0.4) is 0 Å². The number of methoxy groups -OCH3 is 1. The van der Waals surface area contributed by atoms with Gasteiger partial charge in [0.15, 0.2) is 0 Å². The third-order valence-corrected chi connectivity index (χ3v) is 3.91. The van der Waals surface area contributed by atoms with E-state index in [-0.39, 0.29) is 17.8 Å². The Balaban J connectivity index is 1.99. The number of nitrogens with zero attached hydrogens (tertiary/aromatic N) is 1. The lowest BCUT2D eigenvalue weighted by atomic mass is 9.97. The standard InChI is InChI=1S/C16H21NO3/c1-12-6-3-4-7-13(12)10-15(18)17-9-5-8-14(11-17)16(19)20-2/h3-4,6-7,14H,5,8-11H2,1-2H3/t14-/m0/s1. The van der Waals surface area contributed by atoms with Crippen LogP contribution in [0.15, 0.2) is 24.3 Å². The van der Waals surface area contributed by atoms with Gasteiger partial charge < -0.3 is 9.64 Å². The molecule has 0 spiro atoms. The first-order chi connectivity index (χ1) is 9.61. The zero-order valence-electron chi connectivity index (χ0n) is 12.1. The van der Waals surface area contributed by atoms with Crippen LogP contribution in [-0.4, -0.2) is 37.0 Å². The highest BCUT2D eigenvalue weighted by molar-refractivity contribution is 5.80. The molecule has 1 aromatic carbocycles. The molecule has 0 aromatic heterocycles. The molecule has 1 amide bonds. The van der Waals surface area contributed by atoms with Crippen molar-refractivity contribution in [2.24, 2.45) is 5.92 Å². The van der Waals surface area contributed by atoms with Crippen molar-refractivity contribution in [1.29, 1.82) is 0 Å². The van der Waals surface area contributed by atoms with Crippen molar-refractivity contribution in [3.8, 4) is 0 Å². The smallest absolute Gasteiger partial charge is 0.310 e. The predicted octanol–water partition coefficient (Wildman–Crippen LogP) is 1.95. The second-order valence-corrected chi connectivity index (χ2v) is 5.31. The highest BCUT2D eigenvalue weighted by Crippen LogP contribution is 2.19. The number of likely N-dealkylation sites (tertiary alicyclic amines) is 1. The molecule has 20 heavy (non-hydrogen) atoms. The summed E-state index contributed by atoms with van der Waals surface area (Å²) >= 11 is 0. The maximum absolute atomic E-state index is 12.4. The highest BCUT2D eigenvalue weighted by Gasteiger charge is 2.28. The van der Waals surface area contributed by atoms with Crippen LogP contribution in [0.2, 0.25) is 0 Å². The maximum atomic E-state index is 12.4. The Morgan fingerprint density at radius 3 is 2.80 bits per heavy atom. The monoisotopic (exact) mass is 275 g/mol. The molecule has 108 valence electrons. The van der Waals surface area contributed by atoms with Gasteiger partial charge in [-0.05, 0) is 30.9 Å². The molecule has 0 radical (unpaired) electrons. The number of piperidine rings is 1. The zero-order chi connectivity index (χ0) is 14.5. The van der Waals surface area contributed by atoms with Crippen molar-refractivity contribution in [3.05, 3.63) is 35.4 Å². The van der Waals surface area contributed by atoms with Crippen molar-refractivity contribution in [2.75, 3.05) is 20.2 Å². The lowest BCUT2D eigenvalue weighted by molar-refractivity contribution is -0.148. The summed E-state index contributed by atoms with van der Waals surface area (Å²) in [5.41, 5.74) is 2.18. The van der Waals surface area contributed by atoms with E-state index in [4.69, 9.17) is 4.74 Å². The van der Waals surface area contributed by atoms with E-state index in [1.807, 2.05) is 31.2 Å². The first kappa shape index (κ1) is 14.6. The second-order valence-electron chi connectivity index (χ2n) is 5.31. The predicted molar refractivity (Wildman–Crippen MR) is 76.2 cm³/mol. The Hall–Kier alpha value is -1.84. The molecule has 1 heterocycles. The normalized spacial score (nSPS) is 18.7. The average Bonchev–Trinajstić information content (AvgIpc) is 2.49. The van der Waals surface area contributed by atoms with Crippen molar-refractivity contribution >= 4 is 11.9 Å². The van der Waals surface area contributed by atoms with Crippen LogP contribution >= 0.6 is 0 Å². The van der Waals surface area contributed by atoms with Gasteiger partial charge in [-0.3, -0.25) is 9.59 Å². The number of hydrogen-bond donors (Lipinski definition) is 0. The van der Waals surface area contributed by atoms with Gasteiger partial charge in [0, 0.05) is 13.1 Å². The number of esters is 1. The van der Waals surface area contributed by atoms with Crippen LogP contribution in [0.25, 0.3) is 0 Å². The Kier molecular flexibility index (Phi) is 4.77. The number of carbonyl (C=O) groups excluding carboxylic acids is 2. The fourth-order valence-corrected chi connectivity index (χ4v) is 2.65. The zero-order valence-corrected chi connectivity index (χ0v) is 12.1. The van der Waals surface area contributed by atoms with Crippen LogP contribution in [0.4, 0.5) is 0 Å². The molecule has 1 atom stereocenters. The molecule has 1 aromatic rings. The van der Waals surface area contributed by atoms with Crippen molar-refractivity contribution in [2.45, 2.75) is 26.2 Å². The average molecular weight is 275 g/mol. The van der Waals surface area contributed by atoms with E-state index in [1.54, 1.807) is 4.90 Å². The SMILES string of the molecule is COC(=O)[C@H]1CCCN(C(=O)Cc2ccccc2C)C1. The van der Waals surface area contributed by atoms with E-state index < -0.39 is 0 Å². The van der Waals surface area contributed by atoms with Crippen LogP contribution in [0.1, 0.15) is 24.0 Å². The van der Waals surface area contributed by atoms with Gasteiger partial charge in [-0.15, -0.1) is 0 Å². The Bertz CT molecular complexity index is 498. The molecule has 0 N–H and O–H groups in total. The van der Waals surface area contributed by atoms with E-state index in [9.17, 15) is 9.59 Å². The summed E-state index contributed by atoms with van der Waals surface area (Å²) in [6.45, 7) is 3.23. The summed E-state index contributed by atoms with van der Waals surface area (Å²) in [5.74, 6) is -0.291. The molecule has 2 rings (SSSR count). The van der Waals surface area contributed by atoms with Gasteiger partial charge in [0.05, 0.1) is 19.4 Å². The van der Waals surface area contributed by atoms with Crippen LogP contribution in [0, 0.1) is 12.8 Å². The van der Waals surface area contributed by atoms with E-state index in [0.29, 0.717) is 13.0 Å². The van der Waals surface area contributed by atoms with E-state index >= 15 is 0 Å². The van der Waals surface area contributed by atoms with Crippen LogP contribution in [0.5, 0.6) is 0 Å². The van der Waals surface area contributed by atoms with Crippen molar-refractivity contribution in [1.82, 2.24) is 4.90 Å². The van der Waals surface area contributed by atoms with Crippen LogP contribution < -0.4 is 0 Å². The minimum absolute atomic E-state index is 0.0907. The minimum Gasteiger partial charge on any atom is -0.469 e. The summed E-state index contributed by atoms with van der Waals surface area (Å²) in [6.07, 6.45) is 2.07. The summed E-state index contributed by atoms with van der Waals surface area (Å²) in [6, 6.07) is 7.91. The molecule has 0 aliphatic carbocycles. The fourth-order valence-electron chi connectivity index (χ4n) is 2.65. The highest BCUT2D eigenvalue weighted by atomic mass is 16.5. The molecule has 1 aliphatic heterocycles. The lowest BCUT2D eigenvalue weighted by Crippen LogP contribution is -2.43. The van der Waals surface area contributed by atoms with Gasteiger partial charge in [0.2, 0.25) is 5.91 Å². The Labute approximate surface area is 119 Å².